The van der Waals surface area contributed by atoms with E-state index in [1.165, 1.54) is 18.7 Å². The number of hydrogen-bond acceptors (Lipinski definition) is 19. The second kappa shape index (κ2) is 48.6. The summed E-state index contributed by atoms with van der Waals surface area (Å²) in [4.78, 5) is 204. The van der Waals surface area contributed by atoms with Crippen LogP contribution in [0.2, 0.25) is 0 Å². The van der Waals surface area contributed by atoms with E-state index in [0.717, 1.165) is 43.0 Å². The van der Waals surface area contributed by atoms with Crippen LogP contribution in [0.1, 0.15) is 182 Å². The molecule has 0 aliphatic carbocycles. The van der Waals surface area contributed by atoms with Gasteiger partial charge in [0.2, 0.25) is 76.8 Å². The number of H-pyrrole nitrogens is 1. The van der Waals surface area contributed by atoms with Crippen LogP contribution >= 0.6 is 0 Å². The highest BCUT2D eigenvalue weighted by molar-refractivity contribution is 6.00. The fourth-order valence-electron chi connectivity index (χ4n) is 12.8. The number of aliphatic hydroxyl groups excluding tert-OH is 3. The minimum Gasteiger partial charge on any atom is -0.480 e. The molecule has 14 atom stereocenters. The van der Waals surface area contributed by atoms with Crippen molar-refractivity contribution in [2.24, 2.45) is 29.2 Å². The molecule has 21 N–H and O–H groups in total. The number of carboxylic acids is 2. The number of nitrogens with one attached hydrogen (secondary N) is 12. The van der Waals surface area contributed by atoms with Crippen LogP contribution < -0.4 is 70.0 Å². The molecule has 35 nitrogen and oxygen atoms in total. The number of rotatable bonds is 53. The molecule has 35 heteroatoms. The molecule has 0 spiro atoms. The van der Waals surface area contributed by atoms with Gasteiger partial charge in [0.1, 0.15) is 66.5 Å². The number of nitrogens with two attached hydrogens (primary N) is 2. The molecular weight excluding hydrogens is 1450 g/mol. The van der Waals surface area contributed by atoms with Crippen molar-refractivity contribution in [1.82, 2.24) is 68.4 Å². The lowest BCUT2D eigenvalue weighted by molar-refractivity contribution is -0.143. The Morgan fingerprint density at radius 1 is 0.500 bits per heavy atom. The molecule has 112 heavy (non-hydrogen) atoms. The van der Waals surface area contributed by atoms with Crippen molar-refractivity contribution < 1.29 is 97.5 Å². The van der Waals surface area contributed by atoms with Crippen LogP contribution in [0, 0.1) is 17.8 Å². The molecule has 1 aliphatic rings. The Hall–Kier alpha value is -10.1. The van der Waals surface area contributed by atoms with Crippen LogP contribution in [-0.2, 0) is 84.8 Å². The van der Waals surface area contributed by atoms with Crippen molar-refractivity contribution in [3.63, 3.8) is 0 Å². The number of amides is 13. The number of carbonyl (C=O) groups is 15. The third kappa shape index (κ3) is 32.7. The number of primary amides is 2. The van der Waals surface area contributed by atoms with E-state index in [2.05, 4.69) is 63.5 Å². The van der Waals surface area contributed by atoms with Crippen LogP contribution in [-0.4, -0.2) is 229 Å². The molecule has 0 unspecified atom stereocenters. The summed E-state index contributed by atoms with van der Waals surface area (Å²) in [5, 5.41) is 80.6. The minimum atomic E-state index is -1.72. The second-order valence-corrected chi connectivity index (χ2v) is 29.7. The standard InChI is InChI=1S/C77H119N15O20/c1-9-45(6)64(73(106)91-66(47(8)95)75(108)86-54(37-44(4)5)69(102)88-57(77(111)112)39-49-41-81-51-27-20-19-26-50(49)51)89-67(100)52(31-32-60(78)96)83-72(105)59-28-23-35-92(59)63(99)30-18-11-13-22-34-80-33-21-12-10-17-29-62(98)82-58(42-93)71(104)90-65(46(7)94)74(107)85-53(36-43(2)3)68(101)84-55(40-61(79)97)70(103)87-56(76(109)110)38-48-24-15-14-16-25-48/h14-16,19-20,24-27,41,43-47,52-59,64-66,80-81,93-95H,9-13,17-18,21-23,28-40,42H2,1-8H3,(H2,78,96)(H2,79,97)(H,82,98)(H,83,105)(H,84,101)(H,85,107)(H,86,108)(H,87,103)(H,88,102)(H,89,100)(H,90,104)(H,91,106)(H,109,110)(H,111,112)/t45-,46+,47+,52-,53-,54-,55-,56-,57-,58-,59-,64-,65-,66-/m0/s1. The van der Waals surface area contributed by atoms with Crippen LogP contribution in [0.15, 0.2) is 60.8 Å². The van der Waals surface area contributed by atoms with Gasteiger partial charge in [0.15, 0.2) is 0 Å². The topological polar surface area (TPSA) is 561 Å². The van der Waals surface area contributed by atoms with E-state index in [-0.39, 0.29) is 69.1 Å². The highest BCUT2D eigenvalue weighted by atomic mass is 16.4. The van der Waals surface area contributed by atoms with Gasteiger partial charge >= 0.3 is 11.9 Å². The van der Waals surface area contributed by atoms with Crippen LogP contribution in [0.4, 0.5) is 0 Å². The highest BCUT2D eigenvalue weighted by Crippen LogP contribution is 2.23. The Balaban J connectivity index is 1.19. The van der Waals surface area contributed by atoms with Crippen molar-refractivity contribution in [2.75, 3.05) is 26.2 Å². The van der Waals surface area contributed by atoms with Gasteiger partial charge in [-0.3, -0.25) is 62.3 Å². The van der Waals surface area contributed by atoms with Gasteiger partial charge in [-0.15, -0.1) is 0 Å². The third-order valence-electron chi connectivity index (χ3n) is 19.3. The molecule has 3 aromatic rings. The summed E-state index contributed by atoms with van der Waals surface area (Å²) in [6.45, 7) is 13.6. The number of fused-ring (bicyclic) bond motifs is 1. The molecule has 1 fully saturated rings. The normalized spacial score (nSPS) is 16.2. The van der Waals surface area contributed by atoms with E-state index in [1.807, 2.05) is 18.2 Å². The number of likely N-dealkylation sites (tertiary alicyclic amines) is 1. The van der Waals surface area contributed by atoms with Crippen LogP contribution in [0.25, 0.3) is 10.9 Å². The molecule has 1 aliphatic heterocycles. The maximum absolute atomic E-state index is 14.2. The number of carbonyl (C=O) groups excluding carboxylic acids is 13. The zero-order valence-electron chi connectivity index (χ0n) is 65.4. The van der Waals surface area contributed by atoms with Gasteiger partial charge in [-0.05, 0) is 120 Å². The van der Waals surface area contributed by atoms with E-state index in [4.69, 9.17) is 11.5 Å². The Morgan fingerprint density at radius 2 is 0.973 bits per heavy atom. The van der Waals surface area contributed by atoms with Crippen LogP contribution in [0.3, 0.4) is 0 Å². The van der Waals surface area contributed by atoms with Gasteiger partial charge in [-0.2, -0.15) is 0 Å². The number of para-hydroxylation sites is 1. The maximum Gasteiger partial charge on any atom is 0.326 e. The summed E-state index contributed by atoms with van der Waals surface area (Å²) in [5.41, 5.74) is 12.9. The van der Waals surface area contributed by atoms with Crippen molar-refractivity contribution in [3.05, 3.63) is 71.9 Å². The van der Waals surface area contributed by atoms with Gasteiger partial charge < -0.3 is 105 Å². The molecule has 0 bridgehead atoms. The number of aromatic amines is 1. The Morgan fingerprint density at radius 3 is 1.50 bits per heavy atom. The van der Waals surface area contributed by atoms with E-state index in [0.29, 0.717) is 69.3 Å². The zero-order chi connectivity index (χ0) is 83.3. The fraction of sp³-hybridized carbons (Fsp3) is 0.623. The Labute approximate surface area is 652 Å². The summed E-state index contributed by atoms with van der Waals surface area (Å²) < 4.78 is 0. The summed E-state index contributed by atoms with van der Waals surface area (Å²) in [7, 11) is 0. The first-order valence-electron chi connectivity index (χ1n) is 38.7. The number of aliphatic hydroxyl groups is 3. The van der Waals surface area contributed by atoms with E-state index >= 15 is 0 Å². The number of unbranched alkanes of at least 4 members (excludes halogenated alkanes) is 6. The monoisotopic (exact) mass is 1570 g/mol. The smallest absolute Gasteiger partial charge is 0.326 e. The number of benzene rings is 2. The predicted molar refractivity (Wildman–Crippen MR) is 412 cm³/mol. The second-order valence-electron chi connectivity index (χ2n) is 29.7. The molecule has 2 aromatic carbocycles. The Bertz CT molecular complexity index is 3630. The first-order chi connectivity index (χ1) is 53.0. The van der Waals surface area contributed by atoms with E-state index in [9.17, 15) is 97.5 Å². The lowest BCUT2D eigenvalue weighted by Gasteiger charge is -2.30. The number of aromatic nitrogens is 1. The van der Waals surface area contributed by atoms with Gasteiger partial charge in [-0.1, -0.05) is 122 Å². The molecule has 2 heterocycles. The van der Waals surface area contributed by atoms with Gasteiger partial charge in [0.05, 0.1) is 25.2 Å². The average molecular weight is 1570 g/mol. The molecule has 13 amide bonds. The Kier molecular flexibility index (Phi) is 40.9. The first kappa shape index (κ1) is 94.2. The number of hydrogen-bond donors (Lipinski definition) is 19. The van der Waals surface area contributed by atoms with Crippen LogP contribution in [0.5, 0.6) is 0 Å². The summed E-state index contributed by atoms with van der Waals surface area (Å²) in [6, 6.07) is -0.258. The molecule has 4 rings (SSSR count). The summed E-state index contributed by atoms with van der Waals surface area (Å²) >= 11 is 0. The highest BCUT2D eigenvalue weighted by Gasteiger charge is 2.40. The molecule has 0 saturated carbocycles. The number of carboxylic acid groups (broad SMARTS) is 2. The molecular formula is C77H119N15O20. The summed E-state index contributed by atoms with van der Waals surface area (Å²) in [6.07, 6.45) is 3.78. The fourth-order valence-corrected chi connectivity index (χ4v) is 12.8. The molecule has 622 valence electrons. The maximum atomic E-state index is 14.2. The average Bonchev–Trinajstić information content (AvgIpc) is 1.68. The lowest BCUT2D eigenvalue weighted by atomic mass is 9.96. The van der Waals surface area contributed by atoms with E-state index < -0.39 is 180 Å². The van der Waals surface area contributed by atoms with Crippen molar-refractivity contribution in [1.29, 1.82) is 0 Å². The van der Waals surface area contributed by atoms with E-state index in [1.54, 1.807) is 84.1 Å². The SMILES string of the molecule is CC[C@H](C)[C@H](NC(=O)[C@H](CCC(N)=O)NC(=O)[C@@H]1CCCN1C(=O)CCCCCCNCCCCCCC(=O)N[C@@H](CO)C(=O)N[C@H](C(=O)N[C@@H](CC(C)C)C(=O)N[C@@H](CC(N)=O)C(=O)N[C@@H](Cc1ccccc1)C(=O)O)[C@@H](C)O)C(=O)N[C@H](C(=O)N[C@@H](CC(C)C)C(=O)N[C@@H](Cc1c[nH]c2ccccc12)C(=O)O)[C@@H](C)O. The number of nitrogens with zero attached hydrogens (tertiary/aromatic N) is 1. The first-order valence-corrected chi connectivity index (χ1v) is 38.7. The largest absolute Gasteiger partial charge is 0.480 e. The van der Waals surface area contributed by atoms with Crippen molar-refractivity contribution >= 4 is 99.6 Å². The number of aliphatic carboxylic acids is 2. The minimum absolute atomic E-state index is 0.00102. The third-order valence-corrected chi connectivity index (χ3v) is 19.3. The quantitative estimate of drug-likeness (QED) is 0.0316. The molecule has 1 saturated heterocycles. The zero-order valence-corrected chi connectivity index (χ0v) is 65.4. The van der Waals surface area contributed by atoms with Gasteiger partial charge in [0.25, 0.3) is 0 Å². The van der Waals surface area contributed by atoms with Gasteiger partial charge in [0, 0.05) is 55.7 Å². The van der Waals surface area contributed by atoms with Crippen molar-refractivity contribution in [3.8, 4) is 0 Å². The predicted octanol–water partition coefficient (Wildman–Crippen LogP) is -0.515. The van der Waals surface area contributed by atoms with Crippen molar-refractivity contribution in [2.45, 2.75) is 262 Å². The summed E-state index contributed by atoms with van der Waals surface area (Å²) in [5.74, 6) is -14.7. The lowest BCUT2D eigenvalue weighted by Crippen LogP contribution is -2.62. The molecule has 1 aromatic heterocycles. The molecule has 0 radical (unpaired) electrons. The van der Waals surface area contributed by atoms with Gasteiger partial charge in [-0.25, -0.2) is 9.59 Å².